The van der Waals surface area contributed by atoms with Gasteiger partial charge in [0, 0.05) is 31.4 Å². The summed E-state index contributed by atoms with van der Waals surface area (Å²) in [5.74, 6) is -0.0505. The quantitative estimate of drug-likeness (QED) is 0.712. The van der Waals surface area contributed by atoms with Gasteiger partial charge < -0.3 is 15.1 Å². The molecule has 0 saturated heterocycles. The number of rotatable bonds is 4. The zero-order valence-corrected chi connectivity index (χ0v) is 14.5. The molecule has 0 unspecified atom stereocenters. The van der Waals surface area contributed by atoms with E-state index in [4.69, 9.17) is 4.42 Å². The number of pyridine rings is 1. The monoisotopic (exact) mass is 391 g/mol. The van der Waals surface area contributed by atoms with Crippen molar-refractivity contribution in [2.45, 2.75) is 31.2 Å². The number of halogens is 3. The number of anilines is 1. The molecule has 4 rings (SSSR count). The maximum Gasteiger partial charge on any atom is 0.410 e. The zero-order chi connectivity index (χ0) is 19.7. The molecule has 28 heavy (non-hydrogen) atoms. The molecular formula is C18H16F3N5O2. The average molecular weight is 391 g/mol. The Bertz CT molecular complexity index is 954. The molecule has 3 aromatic heterocycles. The lowest BCUT2D eigenvalue weighted by Crippen LogP contribution is -2.35. The van der Waals surface area contributed by atoms with E-state index in [9.17, 15) is 18.0 Å². The summed E-state index contributed by atoms with van der Waals surface area (Å²) in [6.07, 6.45) is -0.224. The highest BCUT2D eigenvalue weighted by atomic mass is 19.4. The smallest absolute Gasteiger partial charge is 0.410 e. The Labute approximate surface area is 157 Å². The fourth-order valence-electron chi connectivity index (χ4n) is 3.13. The lowest BCUT2D eigenvalue weighted by Gasteiger charge is -2.32. The van der Waals surface area contributed by atoms with Gasteiger partial charge in [-0.25, -0.2) is 4.68 Å². The number of fused-ring (bicyclic) bond motifs is 1. The van der Waals surface area contributed by atoms with Gasteiger partial charge in [-0.3, -0.25) is 9.78 Å². The van der Waals surface area contributed by atoms with Crippen molar-refractivity contribution < 1.29 is 22.4 Å². The van der Waals surface area contributed by atoms with Crippen LogP contribution in [0, 0.1) is 0 Å². The van der Waals surface area contributed by atoms with E-state index in [0.717, 1.165) is 10.2 Å². The molecule has 3 aromatic rings. The molecule has 0 spiro atoms. The topological polar surface area (TPSA) is 85.0 Å². The number of hydrogen-bond acceptors (Lipinski definition) is 5. The molecular weight excluding hydrogens is 375 g/mol. The number of aromatic nitrogens is 3. The lowest BCUT2D eigenvalue weighted by atomic mass is 10.0. The fourth-order valence-corrected chi connectivity index (χ4v) is 3.13. The standard InChI is InChI=1S/C18H16F3N5O2/c19-18(20,21)15-8-12(14-2-1-7-28-14)24-16-9-13(25-26(15)16)17(27)23-10-11-3-5-22-6-4-11/h1-7,9,12,15,24H,8,10H2,(H,23,27)/t12-,15-/m0/s1. The van der Waals surface area contributed by atoms with Crippen molar-refractivity contribution in [1.82, 2.24) is 20.1 Å². The van der Waals surface area contributed by atoms with Crippen molar-refractivity contribution in [2.75, 3.05) is 5.32 Å². The molecule has 1 aliphatic rings. The van der Waals surface area contributed by atoms with Crippen LogP contribution in [0.15, 0.2) is 53.4 Å². The maximum atomic E-state index is 13.6. The van der Waals surface area contributed by atoms with E-state index in [-0.39, 0.29) is 24.5 Å². The summed E-state index contributed by atoms with van der Waals surface area (Å²) < 4.78 is 46.8. The summed E-state index contributed by atoms with van der Waals surface area (Å²) in [7, 11) is 0. The highest BCUT2D eigenvalue weighted by molar-refractivity contribution is 5.93. The SMILES string of the molecule is O=C(NCc1ccncc1)c1cc2n(n1)[C@H](C(F)(F)F)C[C@@H](c1ccco1)N2. The number of nitrogens with zero attached hydrogens (tertiary/aromatic N) is 3. The molecule has 4 heterocycles. The van der Waals surface area contributed by atoms with Crippen LogP contribution in [0.25, 0.3) is 0 Å². The molecule has 0 aliphatic carbocycles. The van der Waals surface area contributed by atoms with E-state index in [0.29, 0.717) is 5.76 Å². The lowest BCUT2D eigenvalue weighted by molar-refractivity contribution is -0.174. The minimum atomic E-state index is -4.52. The third-order valence-corrected chi connectivity index (χ3v) is 4.51. The van der Waals surface area contributed by atoms with Crippen LogP contribution in [0.3, 0.4) is 0 Å². The summed E-state index contributed by atoms with van der Waals surface area (Å²) in [5.41, 5.74) is 0.724. The van der Waals surface area contributed by atoms with Crippen LogP contribution in [0.4, 0.5) is 19.0 Å². The molecule has 0 saturated carbocycles. The number of carbonyl (C=O) groups is 1. The number of alkyl halides is 3. The second-order valence-corrected chi connectivity index (χ2v) is 6.40. The summed E-state index contributed by atoms with van der Waals surface area (Å²) in [4.78, 5) is 16.3. The number of carbonyl (C=O) groups excluding carboxylic acids is 1. The molecule has 0 aromatic carbocycles. The Morgan fingerprint density at radius 1 is 1.32 bits per heavy atom. The first kappa shape index (κ1) is 18.1. The second kappa shape index (κ2) is 7.02. The van der Waals surface area contributed by atoms with Crippen LogP contribution in [0.5, 0.6) is 0 Å². The van der Waals surface area contributed by atoms with Gasteiger partial charge in [-0.2, -0.15) is 18.3 Å². The van der Waals surface area contributed by atoms with Crippen molar-refractivity contribution in [2.24, 2.45) is 0 Å². The van der Waals surface area contributed by atoms with Crippen LogP contribution >= 0.6 is 0 Å². The molecule has 0 radical (unpaired) electrons. The van der Waals surface area contributed by atoms with Crippen LogP contribution in [0.2, 0.25) is 0 Å². The molecule has 1 aliphatic heterocycles. The molecule has 7 nitrogen and oxygen atoms in total. The maximum absolute atomic E-state index is 13.6. The van der Waals surface area contributed by atoms with E-state index in [2.05, 4.69) is 20.7 Å². The van der Waals surface area contributed by atoms with Gasteiger partial charge in [-0.1, -0.05) is 0 Å². The minimum Gasteiger partial charge on any atom is -0.467 e. The van der Waals surface area contributed by atoms with Crippen LogP contribution in [0.1, 0.15) is 40.3 Å². The Morgan fingerprint density at radius 2 is 2.11 bits per heavy atom. The molecule has 1 amide bonds. The van der Waals surface area contributed by atoms with Gasteiger partial charge in [0.05, 0.1) is 12.3 Å². The first-order valence-corrected chi connectivity index (χ1v) is 8.55. The van der Waals surface area contributed by atoms with E-state index >= 15 is 0 Å². The number of amides is 1. The number of furan rings is 1. The molecule has 146 valence electrons. The van der Waals surface area contributed by atoms with Crippen molar-refractivity contribution >= 4 is 11.7 Å². The summed E-state index contributed by atoms with van der Waals surface area (Å²) in [5, 5.41) is 9.52. The third kappa shape index (κ3) is 3.57. The summed E-state index contributed by atoms with van der Waals surface area (Å²) in [6, 6.07) is 5.47. The highest BCUT2D eigenvalue weighted by Gasteiger charge is 2.47. The van der Waals surface area contributed by atoms with Gasteiger partial charge in [0.1, 0.15) is 11.6 Å². The molecule has 2 atom stereocenters. The van der Waals surface area contributed by atoms with Crippen molar-refractivity contribution in [3.05, 3.63) is 66.0 Å². The fraction of sp³-hybridized carbons (Fsp3) is 0.278. The van der Waals surface area contributed by atoms with Gasteiger partial charge in [-0.15, -0.1) is 0 Å². The molecule has 2 N–H and O–H groups in total. The third-order valence-electron chi connectivity index (χ3n) is 4.51. The molecule has 0 bridgehead atoms. The van der Waals surface area contributed by atoms with Gasteiger partial charge >= 0.3 is 6.18 Å². The predicted molar refractivity (Wildman–Crippen MR) is 92.4 cm³/mol. The van der Waals surface area contributed by atoms with E-state index in [1.807, 2.05) is 0 Å². The van der Waals surface area contributed by atoms with Crippen LogP contribution in [-0.2, 0) is 6.54 Å². The first-order valence-electron chi connectivity index (χ1n) is 8.55. The van der Waals surface area contributed by atoms with Crippen LogP contribution in [-0.4, -0.2) is 26.8 Å². The first-order chi connectivity index (χ1) is 13.4. The Hall–Kier alpha value is -3.30. The van der Waals surface area contributed by atoms with E-state index in [1.165, 1.54) is 12.3 Å². The highest BCUT2D eigenvalue weighted by Crippen LogP contribution is 2.43. The average Bonchev–Trinajstić information content (AvgIpc) is 3.34. The largest absolute Gasteiger partial charge is 0.467 e. The van der Waals surface area contributed by atoms with Crippen molar-refractivity contribution in [1.29, 1.82) is 0 Å². The Morgan fingerprint density at radius 3 is 2.79 bits per heavy atom. The van der Waals surface area contributed by atoms with Gasteiger partial charge in [0.15, 0.2) is 11.7 Å². The van der Waals surface area contributed by atoms with Gasteiger partial charge in [0.25, 0.3) is 5.91 Å². The predicted octanol–water partition coefficient (Wildman–Crippen LogP) is 3.46. The number of nitrogens with one attached hydrogen (secondary N) is 2. The van der Waals surface area contributed by atoms with Gasteiger partial charge in [0.2, 0.25) is 0 Å². The van der Waals surface area contributed by atoms with E-state index in [1.54, 1.807) is 36.7 Å². The Balaban J connectivity index is 1.57. The van der Waals surface area contributed by atoms with Gasteiger partial charge in [-0.05, 0) is 29.8 Å². The second-order valence-electron chi connectivity index (χ2n) is 6.40. The van der Waals surface area contributed by atoms with Crippen molar-refractivity contribution in [3.8, 4) is 0 Å². The minimum absolute atomic E-state index is 0.0918. The normalized spacial score (nSPS) is 19.0. The molecule has 10 heteroatoms. The Kier molecular flexibility index (Phi) is 4.54. The van der Waals surface area contributed by atoms with Crippen molar-refractivity contribution in [3.63, 3.8) is 0 Å². The molecule has 0 fully saturated rings. The number of hydrogen-bond donors (Lipinski definition) is 2. The summed E-state index contributed by atoms with van der Waals surface area (Å²) >= 11 is 0. The summed E-state index contributed by atoms with van der Waals surface area (Å²) in [6.45, 7) is 0.217. The van der Waals surface area contributed by atoms with Crippen LogP contribution < -0.4 is 10.6 Å². The zero-order valence-electron chi connectivity index (χ0n) is 14.5. The van der Waals surface area contributed by atoms with E-state index < -0.39 is 24.2 Å².